The van der Waals surface area contributed by atoms with E-state index in [0.29, 0.717) is 0 Å². The topological polar surface area (TPSA) is 86.7 Å². The molecular formula is C10H22N2O4S. The molecule has 0 aliphatic rings. The van der Waals surface area contributed by atoms with Gasteiger partial charge in [-0.2, -0.15) is 17.4 Å². The van der Waals surface area contributed by atoms with Crippen LogP contribution in [0.1, 0.15) is 39.5 Å². The summed E-state index contributed by atoms with van der Waals surface area (Å²) in [4.78, 5) is 10.4. The fourth-order valence-electron chi connectivity index (χ4n) is 1.29. The molecule has 7 heteroatoms. The number of carboxylic acid groups (broad SMARTS) is 1. The number of carboxylic acids is 1. The summed E-state index contributed by atoms with van der Waals surface area (Å²) in [6.07, 6.45) is 2.56. The summed E-state index contributed by atoms with van der Waals surface area (Å²) < 4.78 is 27.0. The van der Waals surface area contributed by atoms with E-state index in [1.54, 1.807) is 6.92 Å². The molecule has 6 nitrogen and oxygen atoms in total. The van der Waals surface area contributed by atoms with Gasteiger partial charge < -0.3 is 5.11 Å². The van der Waals surface area contributed by atoms with Crippen LogP contribution in [0.15, 0.2) is 0 Å². The van der Waals surface area contributed by atoms with Crippen molar-refractivity contribution in [3.05, 3.63) is 0 Å². The number of aliphatic carboxylic acids is 1. The second-order valence-corrected chi connectivity index (χ2v) is 5.94. The summed E-state index contributed by atoms with van der Waals surface area (Å²) in [5.41, 5.74) is 0. The van der Waals surface area contributed by atoms with Gasteiger partial charge in [-0.1, -0.05) is 19.8 Å². The number of carbonyl (C=O) groups is 1. The molecule has 2 N–H and O–H groups in total. The van der Waals surface area contributed by atoms with Crippen LogP contribution in [0.3, 0.4) is 0 Å². The molecule has 0 heterocycles. The monoisotopic (exact) mass is 266 g/mol. The van der Waals surface area contributed by atoms with E-state index >= 15 is 0 Å². The predicted molar refractivity (Wildman–Crippen MR) is 65.9 cm³/mol. The smallest absolute Gasteiger partial charge is 0.304 e. The van der Waals surface area contributed by atoms with E-state index in [0.717, 1.165) is 23.6 Å². The van der Waals surface area contributed by atoms with Crippen LogP contribution in [0.4, 0.5) is 0 Å². The molecule has 0 aromatic heterocycles. The molecule has 0 aromatic carbocycles. The molecule has 0 rings (SSSR count). The van der Waals surface area contributed by atoms with Crippen LogP contribution in [-0.2, 0) is 15.0 Å². The van der Waals surface area contributed by atoms with Gasteiger partial charge in [0, 0.05) is 19.6 Å². The maximum absolute atomic E-state index is 11.7. The second-order valence-electron chi connectivity index (χ2n) is 4.13. The molecule has 0 saturated carbocycles. The average Bonchev–Trinajstić information content (AvgIpc) is 2.22. The van der Waals surface area contributed by atoms with Crippen LogP contribution < -0.4 is 4.72 Å². The van der Waals surface area contributed by atoms with E-state index in [-0.39, 0.29) is 19.0 Å². The van der Waals surface area contributed by atoms with Crippen molar-refractivity contribution in [1.29, 1.82) is 0 Å². The molecule has 0 aliphatic heterocycles. The Morgan fingerprint density at radius 2 is 2.06 bits per heavy atom. The molecule has 0 bridgehead atoms. The number of hydrogen-bond acceptors (Lipinski definition) is 3. The lowest BCUT2D eigenvalue weighted by molar-refractivity contribution is -0.137. The Morgan fingerprint density at radius 1 is 1.47 bits per heavy atom. The SMILES string of the molecule is CCCCC(C)NS(=O)(=O)N(C)CCC(=O)O. The van der Waals surface area contributed by atoms with Gasteiger partial charge in [0.15, 0.2) is 0 Å². The summed E-state index contributed by atoms with van der Waals surface area (Å²) in [6, 6.07) is -0.132. The minimum atomic E-state index is -3.57. The minimum Gasteiger partial charge on any atom is -0.481 e. The van der Waals surface area contributed by atoms with Gasteiger partial charge in [0.25, 0.3) is 10.2 Å². The minimum absolute atomic E-state index is 0.0227. The van der Waals surface area contributed by atoms with Crippen molar-refractivity contribution >= 4 is 16.2 Å². The molecule has 0 aliphatic carbocycles. The van der Waals surface area contributed by atoms with Crippen LogP contribution >= 0.6 is 0 Å². The van der Waals surface area contributed by atoms with E-state index < -0.39 is 16.2 Å². The molecule has 1 unspecified atom stereocenters. The third kappa shape index (κ3) is 7.30. The van der Waals surface area contributed by atoms with E-state index in [1.165, 1.54) is 7.05 Å². The van der Waals surface area contributed by atoms with Gasteiger partial charge >= 0.3 is 5.97 Å². The first-order valence-corrected chi connectivity index (χ1v) is 7.19. The third-order valence-electron chi connectivity index (χ3n) is 2.39. The van der Waals surface area contributed by atoms with Gasteiger partial charge in [-0.3, -0.25) is 4.79 Å². The Morgan fingerprint density at radius 3 is 2.53 bits per heavy atom. The highest BCUT2D eigenvalue weighted by Crippen LogP contribution is 2.03. The second kappa shape index (κ2) is 7.62. The zero-order chi connectivity index (χ0) is 13.5. The van der Waals surface area contributed by atoms with Crippen LogP contribution in [0.5, 0.6) is 0 Å². The van der Waals surface area contributed by atoms with Crippen molar-refractivity contribution in [2.75, 3.05) is 13.6 Å². The molecule has 0 aromatic rings. The fourth-order valence-corrected chi connectivity index (χ4v) is 2.42. The Labute approximate surface area is 103 Å². The molecule has 1 atom stereocenters. The maximum Gasteiger partial charge on any atom is 0.304 e. The Balaban J connectivity index is 4.21. The van der Waals surface area contributed by atoms with Crippen molar-refractivity contribution in [2.45, 2.75) is 45.6 Å². The largest absolute Gasteiger partial charge is 0.481 e. The number of nitrogens with one attached hydrogen (secondary N) is 1. The Bertz CT molecular complexity index is 329. The van der Waals surface area contributed by atoms with Crippen molar-refractivity contribution < 1.29 is 18.3 Å². The Hall–Kier alpha value is -0.660. The lowest BCUT2D eigenvalue weighted by Crippen LogP contribution is -2.43. The summed E-state index contributed by atoms with van der Waals surface area (Å²) >= 11 is 0. The predicted octanol–water partition coefficient (Wildman–Crippen LogP) is 0.806. The molecule has 0 spiro atoms. The fraction of sp³-hybridized carbons (Fsp3) is 0.900. The molecule has 17 heavy (non-hydrogen) atoms. The highest BCUT2D eigenvalue weighted by molar-refractivity contribution is 7.87. The highest BCUT2D eigenvalue weighted by atomic mass is 32.2. The normalized spacial score (nSPS) is 13.9. The number of unbranched alkanes of at least 4 members (excludes halogenated alkanes) is 1. The molecule has 0 fully saturated rings. The summed E-state index contributed by atoms with van der Waals surface area (Å²) in [5.74, 6) is -1.01. The van der Waals surface area contributed by atoms with E-state index in [9.17, 15) is 13.2 Å². The van der Waals surface area contributed by atoms with E-state index in [2.05, 4.69) is 4.72 Å². The first kappa shape index (κ1) is 16.3. The highest BCUT2D eigenvalue weighted by Gasteiger charge is 2.20. The van der Waals surface area contributed by atoms with Crippen molar-refractivity contribution in [3.63, 3.8) is 0 Å². The van der Waals surface area contributed by atoms with Crippen molar-refractivity contribution in [1.82, 2.24) is 9.03 Å². The lowest BCUT2D eigenvalue weighted by atomic mass is 10.2. The van der Waals surface area contributed by atoms with Crippen LogP contribution in [0, 0.1) is 0 Å². The molecule has 0 radical (unpaired) electrons. The molecule has 0 amide bonds. The van der Waals surface area contributed by atoms with E-state index in [1.807, 2.05) is 6.92 Å². The van der Waals surface area contributed by atoms with Gasteiger partial charge in [0.1, 0.15) is 0 Å². The number of hydrogen-bond donors (Lipinski definition) is 2. The number of nitrogens with zero attached hydrogens (tertiary/aromatic N) is 1. The summed E-state index contributed by atoms with van der Waals surface area (Å²) in [7, 11) is -2.19. The van der Waals surface area contributed by atoms with Crippen LogP contribution in [0.25, 0.3) is 0 Å². The summed E-state index contributed by atoms with van der Waals surface area (Å²) in [5, 5.41) is 8.48. The first-order chi connectivity index (χ1) is 7.79. The van der Waals surface area contributed by atoms with Crippen molar-refractivity contribution in [2.24, 2.45) is 0 Å². The van der Waals surface area contributed by atoms with Gasteiger partial charge in [-0.15, -0.1) is 0 Å². The van der Waals surface area contributed by atoms with Gasteiger partial charge in [-0.05, 0) is 13.3 Å². The third-order valence-corrected chi connectivity index (χ3v) is 4.10. The molecular weight excluding hydrogens is 244 g/mol. The van der Waals surface area contributed by atoms with Crippen LogP contribution in [-0.4, -0.2) is 43.4 Å². The average molecular weight is 266 g/mol. The number of rotatable bonds is 9. The molecule has 0 saturated heterocycles. The zero-order valence-corrected chi connectivity index (χ0v) is 11.5. The standard InChI is InChI=1S/C10H22N2O4S/c1-4-5-6-9(2)11-17(15,16)12(3)8-7-10(13)14/h9,11H,4-8H2,1-3H3,(H,13,14). The van der Waals surface area contributed by atoms with Gasteiger partial charge in [-0.25, -0.2) is 0 Å². The lowest BCUT2D eigenvalue weighted by Gasteiger charge is -2.20. The van der Waals surface area contributed by atoms with Crippen molar-refractivity contribution in [3.8, 4) is 0 Å². The summed E-state index contributed by atoms with van der Waals surface area (Å²) in [6.45, 7) is 3.82. The van der Waals surface area contributed by atoms with Gasteiger partial charge in [0.05, 0.1) is 6.42 Å². The van der Waals surface area contributed by atoms with E-state index in [4.69, 9.17) is 5.11 Å². The Kier molecular flexibility index (Phi) is 7.33. The van der Waals surface area contributed by atoms with Gasteiger partial charge in [0.2, 0.25) is 0 Å². The van der Waals surface area contributed by atoms with Crippen LogP contribution in [0.2, 0.25) is 0 Å². The quantitative estimate of drug-likeness (QED) is 0.646. The molecule has 102 valence electrons. The zero-order valence-electron chi connectivity index (χ0n) is 10.6. The first-order valence-electron chi connectivity index (χ1n) is 5.75. The maximum atomic E-state index is 11.7.